The predicted octanol–water partition coefficient (Wildman–Crippen LogP) is 3.27. The Morgan fingerprint density at radius 3 is 2.47 bits per heavy atom. The zero-order valence-corrected chi connectivity index (χ0v) is 10.1. The van der Waals surface area contributed by atoms with Crippen molar-refractivity contribution in [2.24, 2.45) is 0 Å². The Labute approximate surface area is 101 Å². The Balaban J connectivity index is 2.58. The largest absolute Gasteiger partial charge is 0.378 e. The number of nitrogens with zero attached hydrogens (tertiary/aromatic N) is 1. The lowest BCUT2D eigenvalue weighted by atomic mass is 10.0. The Hall–Kier alpha value is -2.09. The van der Waals surface area contributed by atoms with Gasteiger partial charge < -0.3 is 4.90 Å². The van der Waals surface area contributed by atoms with E-state index in [1.165, 1.54) is 6.08 Å². The lowest BCUT2D eigenvalue weighted by Gasteiger charge is -2.13. The van der Waals surface area contributed by atoms with Crippen LogP contribution in [0.15, 0.2) is 49.1 Å². The summed E-state index contributed by atoms with van der Waals surface area (Å²) in [6, 6.07) is 11.9. The maximum Gasteiger partial charge on any atom is 0.185 e. The zero-order valence-electron chi connectivity index (χ0n) is 10.1. The topological polar surface area (TPSA) is 20.3 Å². The van der Waals surface area contributed by atoms with Gasteiger partial charge in [-0.05, 0) is 35.0 Å². The molecule has 2 rings (SSSR count). The summed E-state index contributed by atoms with van der Waals surface area (Å²) < 4.78 is 0. The van der Waals surface area contributed by atoms with E-state index >= 15 is 0 Å². The number of allylic oxidation sites excluding steroid dienone is 1. The Kier molecular flexibility index (Phi) is 2.96. The molecule has 0 unspecified atom stereocenters. The molecule has 0 heterocycles. The van der Waals surface area contributed by atoms with E-state index in [1.54, 1.807) is 0 Å². The molecule has 0 bridgehead atoms. The van der Waals surface area contributed by atoms with Crippen molar-refractivity contribution in [1.82, 2.24) is 0 Å². The molecule has 0 fully saturated rings. The molecule has 0 N–H and O–H groups in total. The molecule has 0 atom stereocenters. The van der Waals surface area contributed by atoms with Crippen LogP contribution in [0.1, 0.15) is 10.4 Å². The Morgan fingerprint density at radius 2 is 1.82 bits per heavy atom. The van der Waals surface area contributed by atoms with E-state index in [0.717, 1.165) is 16.5 Å². The molecule has 0 aromatic heterocycles. The summed E-state index contributed by atoms with van der Waals surface area (Å²) >= 11 is 0. The number of hydrogen-bond acceptors (Lipinski definition) is 2. The number of carbonyl (C=O) groups is 1. The molecule has 2 nitrogen and oxygen atoms in total. The van der Waals surface area contributed by atoms with Crippen molar-refractivity contribution >= 4 is 22.2 Å². The highest BCUT2D eigenvalue weighted by atomic mass is 16.1. The van der Waals surface area contributed by atoms with Gasteiger partial charge in [-0.3, -0.25) is 4.79 Å². The van der Waals surface area contributed by atoms with Gasteiger partial charge in [0, 0.05) is 25.3 Å². The third kappa shape index (κ3) is 2.21. The number of fused-ring (bicyclic) bond motifs is 1. The monoisotopic (exact) mass is 225 g/mol. The van der Waals surface area contributed by atoms with Gasteiger partial charge in [-0.15, -0.1) is 0 Å². The quantitative estimate of drug-likeness (QED) is 0.590. The molecule has 86 valence electrons. The SMILES string of the molecule is C=CC(=O)c1ccc2ccc(N(C)C)cc2c1. The summed E-state index contributed by atoms with van der Waals surface area (Å²) in [4.78, 5) is 13.6. The smallest absolute Gasteiger partial charge is 0.185 e. The van der Waals surface area contributed by atoms with E-state index in [-0.39, 0.29) is 5.78 Å². The molecule has 0 aliphatic rings. The first-order valence-corrected chi connectivity index (χ1v) is 5.50. The number of rotatable bonds is 3. The van der Waals surface area contributed by atoms with Gasteiger partial charge in [0.25, 0.3) is 0 Å². The second-order valence-corrected chi connectivity index (χ2v) is 4.21. The molecule has 0 saturated carbocycles. The average molecular weight is 225 g/mol. The summed E-state index contributed by atoms with van der Waals surface area (Å²) in [5, 5.41) is 2.21. The van der Waals surface area contributed by atoms with Gasteiger partial charge in [-0.2, -0.15) is 0 Å². The highest BCUT2D eigenvalue weighted by Crippen LogP contribution is 2.22. The summed E-state index contributed by atoms with van der Waals surface area (Å²) in [5.74, 6) is -0.0397. The summed E-state index contributed by atoms with van der Waals surface area (Å²) in [6.07, 6.45) is 1.34. The van der Waals surface area contributed by atoms with Crippen molar-refractivity contribution in [3.05, 3.63) is 54.6 Å². The maximum atomic E-state index is 11.5. The molecule has 2 aromatic rings. The van der Waals surface area contributed by atoms with E-state index in [4.69, 9.17) is 0 Å². The molecule has 17 heavy (non-hydrogen) atoms. The number of benzene rings is 2. The van der Waals surface area contributed by atoms with Crippen LogP contribution in [0.4, 0.5) is 5.69 Å². The Morgan fingerprint density at radius 1 is 1.12 bits per heavy atom. The minimum atomic E-state index is -0.0397. The van der Waals surface area contributed by atoms with Crippen molar-refractivity contribution in [1.29, 1.82) is 0 Å². The zero-order chi connectivity index (χ0) is 12.4. The number of ketones is 1. The first-order valence-electron chi connectivity index (χ1n) is 5.50. The van der Waals surface area contributed by atoms with Gasteiger partial charge in [0.2, 0.25) is 0 Å². The Bertz CT molecular complexity index is 584. The van der Waals surface area contributed by atoms with Gasteiger partial charge in [0.05, 0.1) is 0 Å². The van der Waals surface area contributed by atoms with Crippen molar-refractivity contribution in [2.45, 2.75) is 0 Å². The van der Waals surface area contributed by atoms with E-state index in [2.05, 4.69) is 24.8 Å². The average Bonchev–Trinajstić information content (AvgIpc) is 2.36. The van der Waals surface area contributed by atoms with E-state index in [9.17, 15) is 4.79 Å². The van der Waals surface area contributed by atoms with Crippen LogP contribution in [-0.4, -0.2) is 19.9 Å². The van der Waals surface area contributed by atoms with Crippen LogP contribution in [0.2, 0.25) is 0 Å². The second kappa shape index (κ2) is 4.42. The van der Waals surface area contributed by atoms with Crippen LogP contribution in [0.3, 0.4) is 0 Å². The van der Waals surface area contributed by atoms with E-state index in [1.807, 2.05) is 37.2 Å². The maximum absolute atomic E-state index is 11.5. The van der Waals surface area contributed by atoms with Crippen LogP contribution in [0.5, 0.6) is 0 Å². The summed E-state index contributed by atoms with van der Waals surface area (Å²) in [5.41, 5.74) is 1.81. The van der Waals surface area contributed by atoms with Crippen LogP contribution < -0.4 is 4.90 Å². The fourth-order valence-corrected chi connectivity index (χ4v) is 1.78. The van der Waals surface area contributed by atoms with Crippen LogP contribution in [0, 0.1) is 0 Å². The van der Waals surface area contributed by atoms with Gasteiger partial charge in [-0.25, -0.2) is 0 Å². The second-order valence-electron chi connectivity index (χ2n) is 4.21. The molecule has 2 aromatic carbocycles. The van der Waals surface area contributed by atoms with Crippen LogP contribution in [-0.2, 0) is 0 Å². The molecule has 0 aliphatic heterocycles. The molecule has 0 amide bonds. The fraction of sp³-hybridized carbons (Fsp3) is 0.133. The standard InChI is InChI=1S/C15H15NO/c1-4-15(17)12-6-5-11-7-8-14(16(2)3)10-13(11)9-12/h4-10H,1H2,2-3H3. The highest BCUT2D eigenvalue weighted by Gasteiger charge is 2.03. The van der Waals surface area contributed by atoms with Gasteiger partial charge in [0.1, 0.15) is 0 Å². The minimum absolute atomic E-state index is 0.0397. The molecule has 0 aliphatic carbocycles. The van der Waals surface area contributed by atoms with Gasteiger partial charge in [0.15, 0.2) is 5.78 Å². The first-order chi connectivity index (χ1) is 8.11. The fourth-order valence-electron chi connectivity index (χ4n) is 1.78. The van der Waals surface area contributed by atoms with Gasteiger partial charge >= 0.3 is 0 Å². The van der Waals surface area contributed by atoms with Crippen molar-refractivity contribution in [3.63, 3.8) is 0 Å². The van der Waals surface area contributed by atoms with Gasteiger partial charge in [-0.1, -0.05) is 24.8 Å². The third-order valence-electron chi connectivity index (χ3n) is 2.81. The third-order valence-corrected chi connectivity index (χ3v) is 2.81. The molecule has 0 saturated heterocycles. The molecular formula is C15H15NO. The minimum Gasteiger partial charge on any atom is -0.378 e. The lowest BCUT2D eigenvalue weighted by Crippen LogP contribution is -2.08. The molecular weight excluding hydrogens is 210 g/mol. The van der Waals surface area contributed by atoms with Crippen molar-refractivity contribution < 1.29 is 4.79 Å². The number of hydrogen-bond donors (Lipinski definition) is 0. The lowest BCUT2D eigenvalue weighted by molar-refractivity contribution is 0.104. The first kappa shape index (κ1) is 11.4. The molecule has 2 heteroatoms. The van der Waals surface area contributed by atoms with Crippen molar-refractivity contribution in [3.8, 4) is 0 Å². The van der Waals surface area contributed by atoms with E-state index in [0.29, 0.717) is 5.56 Å². The highest BCUT2D eigenvalue weighted by molar-refractivity contribution is 6.06. The molecule has 0 radical (unpaired) electrons. The van der Waals surface area contributed by atoms with E-state index < -0.39 is 0 Å². The van der Waals surface area contributed by atoms with Crippen molar-refractivity contribution in [2.75, 3.05) is 19.0 Å². The number of anilines is 1. The number of carbonyl (C=O) groups excluding carboxylic acids is 1. The van der Waals surface area contributed by atoms with Crippen LogP contribution >= 0.6 is 0 Å². The predicted molar refractivity (Wildman–Crippen MR) is 72.8 cm³/mol. The normalized spacial score (nSPS) is 10.2. The molecule has 0 spiro atoms. The summed E-state index contributed by atoms with van der Waals surface area (Å²) in [6.45, 7) is 3.51. The van der Waals surface area contributed by atoms with Crippen LogP contribution in [0.25, 0.3) is 10.8 Å². The summed E-state index contributed by atoms with van der Waals surface area (Å²) in [7, 11) is 4.00.